The van der Waals surface area contributed by atoms with Gasteiger partial charge in [-0.1, -0.05) is 6.07 Å². The van der Waals surface area contributed by atoms with Crippen LogP contribution in [0, 0.1) is 17.6 Å². The Hall–Kier alpha value is -1.49. The van der Waals surface area contributed by atoms with E-state index in [0.717, 1.165) is 25.0 Å². The van der Waals surface area contributed by atoms with Crippen molar-refractivity contribution in [2.45, 2.75) is 31.8 Å². The summed E-state index contributed by atoms with van der Waals surface area (Å²) in [4.78, 5) is 11.6. The van der Waals surface area contributed by atoms with Crippen LogP contribution in [0.15, 0.2) is 18.2 Å². The fourth-order valence-corrected chi connectivity index (χ4v) is 2.17. The molecule has 1 aromatic rings. The van der Waals surface area contributed by atoms with Crippen molar-refractivity contribution in [2.75, 3.05) is 6.54 Å². The van der Waals surface area contributed by atoms with E-state index in [4.69, 9.17) is 5.11 Å². The van der Waals surface area contributed by atoms with Crippen LogP contribution < -0.4 is 5.32 Å². The average Bonchev–Trinajstić information content (AvgIpc) is 2.34. The Bertz CT molecular complexity index is 459. The van der Waals surface area contributed by atoms with Crippen LogP contribution in [-0.4, -0.2) is 23.7 Å². The van der Waals surface area contributed by atoms with Crippen LogP contribution in [0.2, 0.25) is 0 Å². The maximum absolute atomic E-state index is 12.9. The number of hydrogen-bond donors (Lipinski definition) is 2. The number of aliphatic hydroxyl groups is 1. The van der Waals surface area contributed by atoms with E-state index in [1.165, 1.54) is 6.07 Å². The van der Waals surface area contributed by atoms with Crippen LogP contribution in [0.3, 0.4) is 0 Å². The second-order valence-electron chi connectivity index (χ2n) is 5.04. The minimum absolute atomic E-state index is 0.105. The van der Waals surface area contributed by atoms with Gasteiger partial charge < -0.3 is 10.4 Å². The van der Waals surface area contributed by atoms with Crippen LogP contribution in [-0.2, 0) is 11.2 Å². The number of halogens is 2. The molecule has 3 nitrogen and oxygen atoms in total. The van der Waals surface area contributed by atoms with Crippen molar-refractivity contribution in [1.29, 1.82) is 0 Å². The second kappa shape index (κ2) is 6.10. The molecular formula is C14H17F2NO2. The third-order valence-corrected chi connectivity index (χ3v) is 3.42. The van der Waals surface area contributed by atoms with Gasteiger partial charge in [-0.2, -0.15) is 0 Å². The molecule has 0 bridgehead atoms. The maximum atomic E-state index is 12.9. The SMILES string of the molecule is O=C(CCc1ccc(F)c(F)c1)NCC1CC(O)C1. The largest absolute Gasteiger partial charge is 0.393 e. The summed E-state index contributed by atoms with van der Waals surface area (Å²) in [6.45, 7) is 0.577. The molecule has 2 rings (SSSR count). The van der Waals surface area contributed by atoms with Crippen molar-refractivity contribution in [3.63, 3.8) is 0 Å². The van der Waals surface area contributed by atoms with Gasteiger partial charge in [0.05, 0.1) is 6.10 Å². The van der Waals surface area contributed by atoms with E-state index < -0.39 is 11.6 Å². The van der Waals surface area contributed by atoms with Crippen molar-refractivity contribution < 1.29 is 18.7 Å². The number of aryl methyl sites for hydroxylation is 1. The fourth-order valence-electron chi connectivity index (χ4n) is 2.17. The molecule has 1 amide bonds. The van der Waals surface area contributed by atoms with Crippen molar-refractivity contribution in [2.24, 2.45) is 5.92 Å². The smallest absolute Gasteiger partial charge is 0.220 e. The van der Waals surface area contributed by atoms with Gasteiger partial charge in [0.2, 0.25) is 5.91 Å². The van der Waals surface area contributed by atoms with Crippen LogP contribution in [0.4, 0.5) is 8.78 Å². The number of aliphatic hydroxyl groups excluding tert-OH is 1. The summed E-state index contributed by atoms with van der Waals surface area (Å²) in [5.74, 6) is -1.51. The van der Waals surface area contributed by atoms with Gasteiger partial charge in [-0.25, -0.2) is 8.78 Å². The second-order valence-corrected chi connectivity index (χ2v) is 5.04. The molecule has 1 saturated carbocycles. The van der Waals surface area contributed by atoms with Gasteiger partial charge in [-0.15, -0.1) is 0 Å². The molecule has 0 spiro atoms. The van der Waals surface area contributed by atoms with Crippen LogP contribution in [0.5, 0.6) is 0 Å². The van der Waals surface area contributed by atoms with E-state index in [1.54, 1.807) is 0 Å². The fraction of sp³-hybridized carbons (Fsp3) is 0.500. The lowest BCUT2D eigenvalue weighted by molar-refractivity contribution is -0.121. The lowest BCUT2D eigenvalue weighted by Crippen LogP contribution is -2.38. The molecule has 1 fully saturated rings. The minimum atomic E-state index is -0.888. The summed E-state index contributed by atoms with van der Waals surface area (Å²) in [5.41, 5.74) is 0.605. The van der Waals surface area contributed by atoms with Gasteiger partial charge in [-0.05, 0) is 42.9 Å². The van der Waals surface area contributed by atoms with E-state index in [1.807, 2.05) is 0 Å². The Morgan fingerprint density at radius 2 is 2.05 bits per heavy atom. The predicted molar refractivity (Wildman–Crippen MR) is 66.4 cm³/mol. The van der Waals surface area contributed by atoms with Gasteiger partial charge in [0.1, 0.15) is 0 Å². The molecule has 19 heavy (non-hydrogen) atoms. The van der Waals surface area contributed by atoms with Crippen molar-refractivity contribution in [3.05, 3.63) is 35.4 Å². The Labute approximate surface area is 110 Å². The van der Waals surface area contributed by atoms with Gasteiger partial charge in [0.25, 0.3) is 0 Å². The number of rotatable bonds is 5. The topological polar surface area (TPSA) is 49.3 Å². The Morgan fingerprint density at radius 1 is 1.32 bits per heavy atom. The molecule has 1 aliphatic carbocycles. The lowest BCUT2D eigenvalue weighted by atomic mass is 9.82. The Kier molecular flexibility index (Phi) is 4.47. The molecule has 104 valence electrons. The number of nitrogens with one attached hydrogen (secondary N) is 1. The zero-order chi connectivity index (χ0) is 13.8. The van der Waals surface area contributed by atoms with Gasteiger partial charge >= 0.3 is 0 Å². The summed E-state index contributed by atoms with van der Waals surface area (Å²) in [5, 5.41) is 11.9. The molecule has 0 saturated heterocycles. The maximum Gasteiger partial charge on any atom is 0.220 e. The summed E-state index contributed by atoms with van der Waals surface area (Å²) >= 11 is 0. The van der Waals surface area contributed by atoms with Crippen LogP contribution in [0.25, 0.3) is 0 Å². The van der Waals surface area contributed by atoms with E-state index in [2.05, 4.69) is 5.32 Å². The molecule has 2 N–H and O–H groups in total. The van der Waals surface area contributed by atoms with Gasteiger partial charge in [0.15, 0.2) is 11.6 Å². The predicted octanol–water partition coefficient (Wildman–Crippen LogP) is 1.78. The van der Waals surface area contributed by atoms with Crippen molar-refractivity contribution >= 4 is 5.91 Å². The first kappa shape index (κ1) is 13.9. The highest BCUT2D eigenvalue weighted by atomic mass is 19.2. The number of hydrogen-bond acceptors (Lipinski definition) is 2. The molecule has 0 heterocycles. The molecule has 0 unspecified atom stereocenters. The Balaban J connectivity index is 1.69. The van der Waals surface area contributed by atoms with Crippen LogP contribution >= 0.6 is 0 Å². The Morgan fingerprint density at radius 3 is 2.68 bits per heavy atom. The molecule has 0 atom stereocenters. The highest BCUT2D eigenvalue weighted by Crippen LogP contribution is 2.26. The molecule has 0 aromatic heterocycles. The summed E-state index contributed by atoms with van der Waals surface area (Å²) in [6.07, 6.45) is 1.90. The third kappa shape index (κ3) is 3.99. The van der Waals surface area contributed by atoms with E-state index in [-0.39, 0.29) is 18.4 Å². The minimum Gasteiger partial charge on any atom is -0.393 e. The van der Waals surface area contributed by atoms with Crippen molar-refractivity contribution in [1.82, 2.24) is 5.32 Å². The standard InChI is InChI=1S/C14H17F2NO2/c15-12-3-1-9(7-13(12)16)2-4-14(19)17-8-10-5-11(18)6-10/h1,3,7,10-11,18H,2,4-6,8H2,(H,17,19). The molecule has 1 aliphatic rings. The highest BCUT2D eigenvalue weighted by molar-refractivity contribution is 5.76. The number of amides is 1. The molecule has 0 radical (unpaired) electrons. The number of carbonyl (C=O) groups is 1. The van der Waals surface area contributed by atoms with E-state index in [9.17, 15) is 13.6 Å². The van der Waals surface area contributed by atoms with Crippen molar-refractivity contribution in [3.8, 4) is 0 Å². The number of benzene rings is 1. The monoisotopic (exact) mass is 269 g/mol. The first-order valence-electron chi connectivity index (χ1n) is 6.43. The zero-order valence-electron chi connectivity index (χ0n) is 10.5. The first-order valence-corrected chi connectivity index (χ1v) is 6.43. The summed E-state index contributed by atoms with van der Waals surface area (Å²) < 4.78 is 25.7. The van der Waals surface area contributed by atoms with Gasteiger partial charge in [0, 0.05) is 13.0 Å². The zero-order valence-corrected chi connectivity index (χ0v) is 10.5. The molecule has 5 heteroatoms. The molecule has 0 aliphatic heterocycles. The van der Waals surface area contributed by atoms with E-state index in [0.29, 0.717) is 24.4 Å². The average molecular weight is 269 g/mol. The number of carbonyl (C=O) groups excluding carboxylic acids is 1. The van der Waals surface area contributed by atoms with Gasteiger partial charge in [-0.3, -0.25) is 4.79 Å². The lowest BCUT2D eigenvalue weighted by Gasteiger charge is -2.31. The van der Waals surface area contributed by atoms with E-state index >= 15 is 0 Å². The molecular weight excluding hydrogens is 252 g/mol. The summed E-state index contributed by atoms with van der Waals surface area (Å²) in [7, 11) is 0. The molecule has 1 aromatic carbocycles. The van der Waals surface area contributed by atoms with Crippen LogP contribution in [0.1, 0.15) is 24.8 Å². The first-order chi connectivity index (χ1) is 9.04. The summed E-state index contributed by atoms with van der Waals surface area (Å²) in [6, 6.07) is 3.66. The highest BCUT2D eigenvalue weighted by Gasteiger charge is 2.26. The normalized spacial score (nSPS) is 21.8. The quantitative estimate of drug-likeness (QED) is 0.856. The third-order valence-electron chi connectivity index (χ3n) is 3.42.